The van der Waals surface area contributed by atoms with Gasteiger partial charge in [0.15, 0.2) is 0 Å². The number of anilines is 1. The van der Waals surface area contributed by atoms with Crippen LogP contribution in [0.15, 0.2) is 25.2 Å². The molecule has 0 unspecified atom stereocenters. The Labute approximate surface area is 146 Å². The number of piperidine rings is 1. The number of hydrogen-bond acceptors (Lipinski definition) is 6. The number of nitrogens with two attached hydrogens (primary N) is 1. The van der Waals surface area contributed by atoms with E-state index in [1.807, 2.05) is 12.4 Å². The van der Waals surface area contributed by atoms with Gasteiger partial charge in [0.1, 0.15) is 11.4 Å². The van der Waals surface area contributed by atoms with E-state index in [1.165, 1.54) is 11.8 Å². The van der Waals surface area contributed by atoms with E-state index in [0.717, 1.165) is 32.5 Å². The number of hydrogen-bond donors (Lipinski definition) is 1. The predicted molar refractivity (Wildman–Crippen MR) is 94.8 cm³/mol. The van der Waals surface area contributed by atoms with Gasteiger partial charge in [0, 0.05) is 37.6 Å². The summed E-state index contributed by atoms with van der Waals surface area (Å²) in [5.74, 6) is -0.0212. The lowest BCUT2D eigenvalue weighted by Gasteiger charge is -2.32. The highest BCUT2D eigenvalue weighted by molar-refractivity contribution is 5.94. The zero-order chi connectivity index (χ0) is 17.8. The summed E-state index contributed by atoms with van der Waals surface area (Å²) in [4.78, 5) is 14.2. The second kappa shape index (κ2) is 7.52. The quantitative estimate of drug-likeness (QED) is 0.803. The lowest BCUT2D eigenvalue weighted by atomic mass is 10.0. The van der Waals surface area contributed by atoms with Gasteiger partial charge in [-0.1, -0.05) is 6.58 Å². The first-order chi connectivity index (χ1) is 12.1. The van der Waals surface area contributed by atoms with Gasteiger partial charge in [0.25, 0.3) is 0 Å². The van der Waals surface area contributed by atoms with Crippen LogP contribution >= 0.6 is 0 Å². The van der Waals surface area contributed by atoms with Crippen LogP contribution in [0.3, 0.4) is 0 Å². The Morgan fingerprint density at radius 2 is 2.16 bits per heavy atom. The number of likely N-dealkylation sites (tertiary alicyclic amines) is 1. The van der Waals surface area contributed by atoms with Crippen molar-refractivity contribution in [3.63, 3.8) is 0 Å². The van der Waals surface area contributed by atoms with E-state index >= 15 is 0 Å². The van der Waals surface area contributed by atoms with Crippen molar-refractivity contribution < 1.29 is 9.53 Å². The number of esters is 1. The van der Waals surface area contributed by atoms with Crippen molar-refractivity contribution in [3.8, 4) is 0 Å². The molecule has 0 aromatic carbocycles. The summed E-state index contributed by atoms with van der Waals surface area (Å²) in [5.41, 5.74) is 7.62. The van der Waals surface area contributed by atoms with Crippen LogP contribution in [0.1, 0.15) is 41.7 Å². The fourth-order valence-corrected chi connectivity index (χ4v) is 3.17. The molecule has 0 spiro atoms. The van der Waals surface area contributed by atoms with Crippen LogP contribution in [0.5, 0.6) is 0 Å². The molecule has 8 nitrogen and oxygen atoms in total. The van der Waals surface area contributed by atoms with E-state index < -0.39 is 5.97 Å². The summed E-state index contributed by atoms with van der Waals surface area (Å²) in [5, 5.41) is 8.52. The Morgan fingerprint density at radius 3 is 2.80 bits per heavy atom. The highest BCUT2D eigenvalue weighted by atomic mass is 16.5. The molecular formula is C17H24N6O2. The van der Waals surface area contributed by atoms with E-state index in [2.05, 4.69) is 21.7 Å². The van der Waals surface area contributed by atoms with Crippen molar-refractivity contribution in [3.05, 3.63) is 36.3 Å². The van der Waals surface area contributed by atoms with Gasteiger partial charge in [-0.3, -0.25) is 4.90 Å². The second-order valence-corrected chi connectivity index (χ2v) is 6.13. The van der Waals surface area contributed by atoms with Gasteiger partial charge in [0.2, 0.25) is 0 Å². The first kappa shape index (κ1) is 17.2. The Hall–Kier alpha value is -2.61. The molecule has 0 saturated carbocycles. The largest absolute Gasteiger partial charge is 0.462 e. The molecule has 1 aliphatic heterocycles. The smallest absolute Gasteiger partial charge is 0.343 e. The third kappa shape index (κ3) is 3.74. The number of rotatable bonds is 6. The van der Waals surface area contributed by atoms with Gasteiger partial charge >= 0.3 is 5.97 Å². The second-order valence-electron chi connectivity index (χ2n) is 6.13. The molecule has 1 aliphatic rings. The average Bonchev–Trinajstić information content (AvgIpc) is 3.22. The molecule has 134 valence electrons. The molecule has 0 atom stereocenters. The van der Waals surface area contributed by atoms with Crippen molar-refractivity contribution in [2.75, 3.05) is 25.4 Å². The SMILES string of the molecule is C=Cn1cc(CN2CCC(n3ncc(C(=O)OCC)c3N)CC2)cn1. The van der Waals surface area contributed by atoms with Gasteiger partial charge < -0.3 is 10.5 Å². The molecular weight excluding hydrogens is 320 g/mol. The zero-order valence-corrected chi connectivity index (χ0v) is 14.5. The van der Waals surface area contributed by atoms with Crippen LogP contribution < -0.4 is 5.73 Å². The third-order valence-corrected chi connectivity index (χ3v) is 4.48. The van der Waals surface area contributed by atoms with Gasteiger partial charge in [-0.25, -0.2) is 14.2 Å². The number of ether oxygens (including phenoxy) is 1. The molecule has 3 heterocycles. The summed E-state index contributed by atoms with van der Waals surface area (Å²) in [6, 6.07) is 0.204. The molecule has 1 saturated heterocycles. The van der Waals surface area contributed by atoms with Crippen LogP contribution in [0.25, 0.3) is 6.20 Å². The maximum Gasteiger partial charge on any atom is 0.343 e. The van der Waals surface area contributed by atoms with Crippen LogP contribution in [-0.4, -0.2) is 50.1 Å². The van der Waals surface area contributed by atoms with Crippen LogP contribution in [-0.2, 0) is 11.3 Å². The van der Waals surface area contributed by atoms with Crippen molar-refractivity contribution >= 4 is 18.0 Å². The molecule has 0 bridgehead atoms. The van der Waals surface area contributed by atoms with Gasteiger partial charge in [0.05, 0.1) is 25.0 Å². The minimum absolute atomic E-state index is 0.204. The molecule has 1 fully saturated rings. The summed E-state index contributed by atoms with van der Waals surface area (Å²) in [6.07, 6.45) is 8.90. The Bertz CT molecular complexity index is 742. The Morgan fingerprint density at radius 1 is 1.40 bits per heavy atom. The fraction of sp³-hybridized carbons (Fsp3) is 0.471. The van der Waals surface area contributed by atoms with Gasteiger partial charge in [-0.2, -0.15) is 10.2 Å². The molecule has 2 aromatic heterocycles. The summed E-state index contributed by atoms with van der Waals surface area (Å²) in [7, 11) is 0. The molecule has 0 radical (unpaired) electrons. The van der Waals surface area contributed by atoms with E-state index in [1.54, 1.807) is 22.5 Å². The monoisotopic (exact) mass is 344 g/mol. The summed E-state index contributed by atoms with van der Waals surface area (Å²) < 4.78 is 8.48. The average molecular weight is 344 g/mol. The van der Waals surface area contributed by atoms with Crippen molar-refractivity contribution in [2.24, 2.45) is 0 Å². The number of aromatic nitrogens is 4. The van der Waals surface area contributed by atoms with Crippen molar-refractivity contribution in [1.82, 2.24) is 24.5 Å². The first-order valence-corrected chi connectivity index (χ1v) is 8.50. The van der Waals surface area contributed by atoms with E-state index in [-0.39, 0.29) is 6.04 Å². The van der Waals surface area contributed by atoms with Crippen LogP contribution in [0, 0.1) is 0 Å². The van der Waals surface area contributed by atoms with E-state index in [4.69, 9.17) is 10.5 Å². The molecule has 0 aliphatic carbocycles. The fourth-order valence-electron chi connectivity index (χ4n) is 3.17. The molecule has 2 N–H and O–H groups in total. The van der Waals surface area contributed by atoms with Gasteiger partial charge in [-0.15, -0.1) is 0 Å². The number of nitrogen functional groups attached to an aromatic ring is 1. The zero-order valence-electron chi connectivity index (χ0n) is 14.5. The maximum atomic E-state index is 11.9. The van der Waals surface area contributed by atoms with Crippen LogP contribution in [0.4, 0.5) is 5.82 Å². The maximum absolute atomic E-state index is 11.9. The molecule has 8 heteroatoms. The molecule has 2 aromatic rings. The lowest BCUT2D eigenvalue weighted by molar-refractivity contribution is 0.0527. The molecule has 3 rings (SSSR count). The Balaban J connectivity index is 1.59. The van der Waals surface area contributed by atoms with Crippen molar-refractivity contribution in [1.29, 1.82) is 0 Å². The van der Waals surface area contributed by atoms with Crippen molar-refractivity contribution in [2.45, 2.75) is 32.4 Å². The lowest BCUT2D eigenvalue weighted by Crippen LogP contribution is -2.34. The third-order valence-electron chi connectivity index (χ3n) is 4.48. The number of carbonyl (C=O) groups is 1. The Kier molecular flexibility index (Phi) is 5.18. The first-order valence-electron chi connectivity index (χ1n) is 8.50. The van der Waals surface area contributed by atoms with Gasteiger partial charge in [-0.05, 0) is 19.8 Å². The normalized spacial score (nSPS) is 16.0. The van der Waals surface area contributed by atoms with E-state index in [9.17, 15) is 4.79 Å². The summed E-state index contributed by atoms with van der Waals surface area (Å²) in [6.45, 7) is 8.54. The molecule has 0 amide bonds. The standard InChI is InChI=1S/C17H24N6O2/c1-3-22-12-13(9-19-22)11-21-7-5-14(6-8-21)23-16(18)15(10-20-23)17(24)25-4-2/h3,9-10,12,14H,1,4-8,11,18H2,2H3. The number of carbonyl (C=O) groups excluding carboxylic acids is 1. The topological polar surface area (TPSA) is 91.2 Å². The van der Waals surface area contributed by atoms with E-state index in [0.29, 0.717) is 18.0 Å². The minimum Gasteiger partial charge on any atom is -0.462 e. The number of nitrogens with zero attached hydrogens (tertiary/aromatic N) is 5. The highest BCUT2D eigenvalue weighted by Crippen LogP contribution is 2.27. The summed E-state index contributed by atoms with van der Waals surface area (Å²) >= 11 is 0. The molecule has 25 heavy (non-hydrogen) atoms. The predicted octanol–water partition coefficient (Wildman–Crippen LogP) is 1.78. The minimum atomic E-state index is -0.414. The van der Waals surface area contributed by atoms with Crippen LogP contribution in [0.2, 0.25) is 0 Å². The highest BCUT2D eigenvalue weighted by Gasteiger charge is 2.25.